The fraction of sp³-hybridized carbons (Fsp3) is 0.500. The molecule has 1 aromatic rings. The van der Waals surface area contributed by atoms with Gasteiger partial charge in [0.05, 0.1) is 0 Å². The van der Waals surface area contributed by atoms with Crippen LogP contribution in [-0.4, -0.2) is 12.1 Å². The van der Waals surface area contributed by atoms with Crippen LogP contribution in [0.4, 0.5) is 0 Å². The molecule has 0 amide bonds. The molecule has 3 N–H and O–H groups in total. The van der Waals surface area contributed by atoms with Gasteiger partial charge in [-0.3, -0.25) is 0 Å². The van der Waals surface area contributed by atoms with Crippen molar-refractivity contribution >= 4 is 0 Å². The molecule has 0 saturated heterocycles. The van der Waals surface area contributed by atoms with Gasteiger partial charge >= 0.3 is 0 Å². The summed E-state index contributed by atoms with van der Waals surface area (Å²) >= 11 is 0. The summed E-state index contributed by atoms with van der Waals surface area (Å²) in [5, 5.41) is 3.52. The number of nitrogens with one attached hydrogen (secondary N) is 1. The third kappa shape index (κ3) is 2.34. The number of benzene rings is 1. The standard InChI is InChI=1S/C12H18N2/c13-11-7-4-8-12(11)14-9-10-5-2-1-3-6-10/h1-3,5-6,11-12,14H,4,7-9,13H2/t11-,12-/m1/s1. The van der Waals surface area contributed by atoms with Crippen molar-refractivity contribution in [3.05, 3.63) is 35.9 Å². The van der Waals surface area contributed by atoms with Gasteiger partial charge in [-0.25, -0.2) is 0 Å². The Morgan fingerprint density at radius 3 is 2.64 bits per heavy atom. The SMILES string of the molecule is N[C@@H]1CCC[C@H]1NCc1ccccc1. The van der Waals surface area contributed by atoms with Crippen molar-refractivity contribution in [3.63, 3.8) is 0 Å². The van der Waals surface area contributed by atoms with Crippen LogP contribution >= 0.6 is 0 Å². The molecule has 0 spiro atoms. The molecule has 1 aliphatic rings. The van der Waals surface area contributed by atoms with Gasteiger partial charge < -0.3 is 11.1 Å². The lowest BCUT2D eigenvalue weighted by atomic mass is 10.1. The highest BCUT2D eigenvalue weighted by molar-refractivity contribution is 5.14. The van der Waals surface area contributed by atoms with Crippen molar-refractivity contribution in [1.82, 2.24) is 5.32 Å². The Kier molecular flexibility index (Phi) is 3.17. The van der Waals surface area contributed by atoms with Gasteiger partial charge in [0.15, 0.2) is 0 Å². The van der Waals surface area contributed by atoms with Crippen molar-refractivity contribution in [3.8, 4) is 0 Å². The largest absolute Gasteiger partial charge is 0.326 e. The van der Waals surface area contributed by atoms with E-state index in [1.807, 2.05) is 6.07 Å². The summed E-state index contributed by atoms with van der Waals surface area (Å²) in [6.45, 7) is 0.944. The fourth-order valence-electron chi connectivity index (χ4n) is 2.09. The van der Waals surface area contributed by atoms with Crippen molar-refractivity contribution in [1.29, 1.82) is 0 Å². The predicted octanol–water partition coefficient (Wildman–Crippen LogP) is 1.66. The normalized spacial score (nSPS) is 26.6. The Labute approximate surface area is 85.5 Å². The minimum atomic E-state index is 0.360. The van der Waals surface area contributed by atoms with Crippen molar-refractivity contribution < 1.29 is 0 Å². The van der Waals surface area contributed by atoms with Crippen LogP contribution < -0.4 is 11.1 Å². The van der Waals surface area contributed by atoms with Crippen LogP contribution in [0.2, 0.25) is 0 Å². The fourth-order valence-corrected chi connectivity index (χ4v) is 2.09. The third-order valence-corrected chi connectivity index (χ3v) is 2.98. The molecule has 14 heavy (non-hydrogen) atoms. The Balaban J connectivity index is 1.82. The van der Waals surface area contributed by atoms with Gasteiger partial charge in [-0.05, 0) is 18.4 Å². The van der Waals surface area contributed by atoms with E-state index in [0.29, 0.717) is 12.1 Å². The summed E-state index contributed by atoms with van der Waals surface area (Å²) in [7, 11) is 0. The first-order chi connectivity index (χ1) is 6.86. The van der Waals surface area contributed by atoms with Gasteiger partial charge in [0.1, 0.15) is 0 Å². The van der Waals surface area contributed by atoms with E-state index in [-0.39, 0.29) is 0 Å². The van der Waals surface area contributed by atoms with Crippen LogP contribution in [-0.2, 0) is 6.54 Å². The molecule has 0 bridgehead atoms. The number of rotatable bonds is 3. The monoisotopic (exact) mass is 190 g/mol. The molecule has 76 valence electrons. The molecule has 2 heteroatoms. The molecule has 0 aliphatic heterocycles. The number of nitrogens with two attached hydrogens (primary N) is 1. The predicted molar refractivity (Wildman–Crippen MR) is 58.9 cm³/mol. The first-order valence-corrected chi connectivity index (χ1v) is 5.39. The highest BCUT2D eigenvalue weighted by Gasteiger charge is 2.22. The molecule has 0 unspecified atom stereocenters. The zero-order valence-corrected chi connectivity index (χ0v) is 8.45. The smallest absolute Gasteiger partial charge is 0.0222 e. The number of hydrogen-bond donors (Lipinski definition) is 2. The van der Waals surface area contributed by atoms with E-state index >= 15 is 0 Å². The summed E-state index contributed by atoms with van der Waals surface area (Å²) in [6.07, 6.45) is 3.67. The van der Waals surface area contributed by atoms with Crippen molar-refractivity contribution in [2.45, 2.75) is 37.9 Å². The van der Waals surface area contributed by atoms with Gasteiger partial charge in [-0.1, -0.05) is 36.8 Å². The van der Waals surface area contributed by atoms with E-state index in [1.165, 1.54) is 24.8 Å². The molecular weight excluding hydrogens is 172 g/mol. The molecule has 0 heterocycles. The first kappa shape index (κ1) is 9.69. The van der Waals surface area contributed by atoms with Crippen LogP contribution in [0.25, 0.3) is 0 Å². The first-order valence-electron chi connectivity index (χ1n) is 5.39. The van der Waals surface area contributed by atoms with Crippen LogP contribution in [0, 0.1) is 0 Å². The molecule has 0 aromatic heterocycles. The lowest BCUT2D eigenvalue weighted by Crippen LogP contribution is -2.40. The van der Waals surface area contributed by atoms with Gasteiger partial charge in [-0.2, -0.15) is 0 Å². The third-order valence-electron chi connectivity index (χ3n) is 2.98. The molecule has 1 saturated carbocycles. The molecular formula is C12H18N2. The molecule has 2 rings (SSSR count). The second-order valence-electron chi connectivity index (χ2n) is 4.07. The summed E-state index contributed by atoms with van der Waals surface area (Å²) in [6, 6.07) is 11.4. The summed E-state index contributed by atoms with van der Waals surface area (Å²) in [5.41, 5.74) is 7.32. The molecule has 2 atom stereocenters. The van der Waals surface area contributed by atoms with Crippen LogP contribution in [0.5, 0.6) is 0 Å². The lowest BCUT2D eigenvalue weighted by Gasteiger charge is -2.17. The summed E-state index contributed by atoms with van der Waals surface area (Å²) in [4.78, 5) is 0. The van der Waals surface area contributed by atoms with E-state index in [0.717, 1.165) is 6.54 Å². The lowest BCUT2D eigenvalue weighted by molar-refractivity contribution is 0.475. The van der Waals surface area contributed by atoms with E-state index in [1.54, 1.807) is 0 Å². The maximum Gasteiger partial charge on any atom is 0.0222 e. The minimum absolute atomic E-state index is 0.360. The highest BCUT2D eigenvalue weighted by atomic mass is 15.0. The van der Waals surface area contributed by atoms with Crippen LogP contribution in [0.3, 0.4) is 0 Å². The molecule has 0 radical (unpaired) electrons. The Morgan fingerprint density at radius 2 is 2.00 bits per heavy atom. The highest BCUT2D eigenvalue weighted by Crippen LogP contribution is 2.17. The van der Waals surface area contributed by atoms with E-state index < -0.39 is 0 Å². The zero-order valence-electron chi connectivity index (χ0n) is 8.45. The second kappa shape index (κ2) is 4.58. The number of hydrogen-bond acceptors (Lipinski definition) is 2. The Hall–Kier alpha value is -0.860. The Morgan fingerprint density at radius 1 is 1.21 bits per heavy atom. The second-order valence-corrected chi connectivity index (χ2v) is 4.07. The van der Waals surface area contributed by atoms with E-state index in [4.69, 9.17) is 5.73 Å². The minimum Gasteiger partial charge on any atom is -0.326 e. The van der Waals surface area contributed by atoms with Gasteiger partial charge in [-0.15, -0.1) is 0 Å². The maximum atomic E-state index is 5.98. The Bertz CT molecular complexity index is 271. The summed E-state index contributed by atoms with van der Waals surface area (Å²) in [5.74, 6) is 0. The molecule has 1 aromatic carbocycles. The van der Waals surface area contributed by atoms with Crippen LogP contribution in [0.1, 0.15) is 24.8 Å². The van der Waals surface area contributed by atoms with Gasteiger partial charge in [0.2, 0.25) is 0 Å². The quantitative estimate of drug-likeness (QED) is 0.760. The van der Waals surface area contributed by atoms with Gasteiger partial charge in [0.25, 0.3) is 0 Å². The maximum absolute atomic E-state index is 5.98. The summed E-state index contributed by atoms with van der Waals surface area (Å²) < 4.78 is 0. The topological polar surface area (TPSA) is 38.0 Å². The van der Waals surface area contributed by atoms with Crippen molar-refractivity contribution in [2.75, 3.05) is 0 Å². The molecule has 1 aliphatic carbocycles. The van der Waals surface area contributed by atoms with Gasteiger partial charge in [0, 0.05) is 18.6 Å². The molecule has 2 nitrogen and oxygen atoms in total. The van der Waals surface area contributed by atoms with E-state index in [9.17, 15) is 0 Å². The average molecular weight is 190 g/mol. The van der Waals surface area contributed by atoms with Crippen LogP contribution in [0.15, 0.2) is 30.3 Å². The zero-order chi connectivity index (χ0) is 9.80. The van der Waals surface area contributed by atoms with Crippen molar-refractivity contribution in [2.24, 2.45) is 5.73 Å². The molecule has 1 fully saturated rings. The average Bonchev–Trinajstić information content (AvgIpc) is 2.63. The van der Waals surface area contributed by atoms with E-state index in [2.05, 4.69) is 29.6 Å².